The number of hydrogen-bond donors (Lipinski definition) is 2. The Bertz CT molecular complexity index is 580. The van der Waals surface area contributed by atoms with Crippen LogP contribution in [-0.4, -0.2) is 22.8 Å². The van der Waals surface area contributed by atoms with Crippen molar-refractivity contribution in [1.82, 2.24) is 0 Å². The standard InChI is InChI=1S/C14H12O5/c15-10-5-1-3-7-12(10)18-9-14(17)19-13-8-4-2-6-11(13)16/h1-8,15-16H,9H2. The molecule has 0 aromatic heterocycles. The summed E-state index contributed by atoms with van der Waals surface area (Å²) in [5.74, 6) is -0.605. The number of phenols is 2. The summed E-state index contributed by atoms with van der Waals surface area (Å²) in [7, 11) is 0. The summed E-state index contributed by atoms with van der Waals surface area (Å²) in [5.41, 5.74) is 0. The highest BCUT2D eigenvalue weighted by Gasteiger charge is 2.10. The van der Waals surface area contributed by atoms with E-state index in [1.54, 1.807) is 24.3 Å². The summed E-state index contributed by atoms with van der Waals surface area (Å²) in [4.78, 5) is 11.5. The van der Waals surface area contributed by atoms with E-state index in [4.69, 9.17) is 9.47 Å². The molecule has 98 valence electrons. The molecule has 19 heavy (non-hydrogen) atoms. The summed E-state index contributed by atoms with van der Waals surface area (Å²) < 4.78 is 10.0. The smallest absolute Gasteiger partial charge is 0.349 e. The zero-order valence-electron chi connectivity index (χ0n) is 9.95. The Morgan fingerprint density at radius 3 is 2.00 bits per heavy atom. The lowest BCUT2D eigenvalue weighted by Crippen LogP contribution is -2.17. The normalized spacial score (nSPS) is 9.89. The zero-order chi connectivity index (χ0) is 13.7. The molecule has 0 saturated carbocycles. The van der Waals surface area contributed by atoms with Gasteiger partial charge in [-0.1, -0.05) is 24.3 Å². The Morgan fingerprint density at radius 1 is 0.895 bits per heavy atom. The second-order valence-corrected chi connectivity index (χ2v) is 3.70. The number of phenolic OH excluding ortho intramolecular Hbond substituents is 2. The van der Waals surface area contributed by atoms with Crippen LogP contribution < -0.4 is 9.47 Å². The molecule has 0 aliphatic heterocycles. The molecule has 0 radical (unpaired) electrons. The van der Waals surface area contributed by atoms with Gasteiger partial charge < -0.3 is 19.7 Å². The lowest BCUT2D eigenvalue weighted by molar-refractivity contribution is -0.136. The molecule has 2 N–H and O–H groups in total. The van der Waals surface area contributed by atoms with Crippen LogP contribution >= 0.6 is 0 Å². The van der Waals surface area contributed by atoms with Crippen LogP contribution in [0.3, 0.4) is 0 Å². The van der Waals surface area contributed by atoms with Crippen LogP contribution in [0.5, 0.6) is 23.0 Å². The average molecular weight is 260 g/mol. The van der Waals surface area contributed by atoms with Gasteiger partial charge in [-0.15, -0.1) is 0 Å². The molecule has 2 rings (SSSR count). The molecule has 0 spiro atoms. The van der Waals surface area contributed by atoms with Gasteiger partial charge in [0.1, 0.15) is 0 Å². The number of hydrogen-bond acceptors (Lipinski definition) is 5. The number of esters is 1. The Morgan fingerprint density at radius 2 is 1.42 bits per heavy atom. The third-order valence-electron chi connectivity index (χ3n) is 2.30. The Balaban J connectivity index is 1.92. The fourth-order valence-electron chi connectivity index (χ4n) is 1.41. The number of carbonyl (C=O) groups is 1. The van der Waals surface area contributed by atoms with E-state index in [0.29, 0.717) is 0 Å². The molecule has 2 aromatic rings. The highest BCUT2D eigenvalue weighted by atomic mass is 16.6. The van der Waals surface area contributed by atoms with Crippen molar-refractivity contribution in [3.8, 4) is 23.0 Å². The Kier molecular flexibility index (Phi) is 3.87. The molecule has 0 unspecified atom stereocenters. The van der Waals surface area contributed by atoms with Crippen LogP contribution in [0.1, 0.15) is 0 Å². The molecule has 5 nitrogen and oxygen atoms in total. The minimum absolute atomic E-state index is 0.0575. The van der Waals surface area contributed by atoms with Gasteiger partial charge in [0.2, 0.25) is 0 Å². The molecule has 0 aliphatic carbocycles. The number of ether oxygens (including phenoxy) is 2. The molecule has 0 fully saturated rings. The minimum Gasteiger partial charge on any atom is -0.504 e. The molecule has 5 heteroatoms. The summed E-state index contributed by atoms with van der Waals surface area (Å²) in [6.45, 7) is -0.369. The van der Waals surface area contributed by atoms with Crippen molar-refractivity contribution in [2.24, 2.45) is 0 Å². The third kappa shape index (κ3) is 3.38. The first kappa shape index (κ1) is 12.8. The van der Waals surface area contributed by atoms with Crippen molar-refractivity contribution in [3.63, 3.8) is 0 Å². The van der Waals surface area contributed by atoms with Crippen LogP contribution in [0.15, 0.2) is 48.5 Å². The fraction of sp³-hybridized carbons (Fsp3) is 0.0714. The van der Waals surface area contributed by atoms with Gasteiger partial charge in [0.05, 0.1) is 0 Å². The number of para-hydroxylation sites is 4. The highest BCUT2D eigenvalue weighted by molar-refractivity contribution is 5.74. The van der Waals surface area contributed by atoms with Gasteiger partial charge in [-0.25, -0.2) is 4.79 Å². The lowest BCUT2D eigenvalue weighted by Gasteiger charge is -2.08. The molecule has 0 saturated heterocycles. The van der Waals surface area contributed by atoms with Crippen molar-refractivity contribution in [3.05, 3.63) is 48.5 Å². The van der Waals surface area contributed by atoms with E-state index in [-0.39, 0.29) is 29.6 Å². The molecule has 0 bridgehead atoms. The molecule has 0 amide bonds. The van der Waals surface area contributed by atoms with E-state index in [1.807, 2.05) is 0 Å². The van der Waals surface area contributed by atoms with Crippen LogP contribution in [0, 0.1) is 0 Å². The average Bonchev–Trinajstić information content (AvgIpc) is 2.40. The van der Waals surface area contributed by atoms with Gasteiger partial charge in [0, 0.05) is 0 Å². The van der Waals surface area contributed by atoms with Crippen LogP contribution in [0.2, 0.25) is 0 Å². The predicted molar refractivity (Wildman–Crippen MR) is 67.3 cm³/mol. The second kappa shape index (κ2) is 5.77. The monoisotopic (exact) mass is 260 g/mol. The highest BCUT2D eigenvalue weighted by Crippen LogP contribution is 2.26. The summed E-state index contributed by atoms with van der Waals surface area (Å²) in [6.07, 6.45) is 0. The molecule has 0 aliphatic rings. The Labute approximate surface area is 109 Å². The van der Waals surface area contributed by atoms with E-state index in [2.05, 4.69) is 0 Å². The van der Waals surface area contributed by atoms with Gasteiger partial charge in [0.15, 0.2) is 29.6 Å². The maximum Gasteiger partial charge on any atom is 0.349 e. The number of benzene rings is 2. The van der Waals surface area contributed by atoms with Gasteiger partial charge in [0.25, 0.3) is 0 Å². The first-order valence-corrected chi connectivity index (χ1v) is 5.56. The molecule has 0 atom stereocenters. The van der Waals surface area contributed by atoms with Crippen molar-refractivity contribution < 1.29 is 24.5 Å². The number of carbonyl (C=O) groups excluding carboxylic acids is 1. The number of rotatable bonds is 4. The first-order chi connectivity index (χ1) is 9.16. The van der Waals surface area contributed by atoms with Crippen molar-refractivity contribution in [1.29, 1.82) is 0 Å². The quantitative estimate of drug-likeness (QED) is 0.650. The van der Waals surface area contributed by atoms with E-state index < -0.39 is 5.97 Å². The fourth-order valence-corrected chi connectivity index (χ4v) is 1.41. The minimum atomic E-state index is -0.676. The molecular weight excluding hydrogens is 248 g/mol. The largest absolute Gasteiger partial charge is 0.504 e. The summed E-state index contributed by atoms with van der Waals surface area (Å²) in [6, 6.07) is 12.4. The van der Waals surface area contributed by atoms with Crippen molar-refractivity contribution >= 4 is 5.97 Å². The molecule has 2 aromatic carbocycles. The SMILES string of the molecule is O=C(COc1ccccc1O)Oc1ccccc1O. The van der Waals surface area contributed by atoms with Gasteiger partial charge >= 0.3 is 5.97 Å². The second-order valence-electron chi connectivity index (χ2n) is 3.70. The predicted octanol–water partition coefficient (Wildman–Crippen LogP) is 2.08. The van der Waals surface area contributed by atoms with E-state index >= 15 is 0 Å². The third-order valence-corrected chi connectivity index (χ3v) is 2.30. The molecule has 0 heterocycles. The topological polar surface area (TPSA) is 76.0 Å². The lowest BCUT2D eigenvalue weighted by atomic mass is 10.3. The Hall–Kier alpha value is -2.69. The van der Waals surface area contributed by atoms with Crippen LogP contribution in [-0.2, 0) is 4.79 Å². The van der Waals surface area contributed by atoms with Gasteiger partial charge in [-0.3, -0.25) is 0 Å². The summed E-state index contributed by atoms with van der Waals surface area (Å²) >= 11 is 0. The summed E-state index contributed by atoms with van der Waals surface area (Å²) in [5, 5.41) is 18.9. The van der Waals surface area contributed by atoms with Crippen molar-refractivity contribution in [2.45, 2.75) is 0 Å². The van der Waals surface area contributed by atoms with E-state index in [0.717, 1.165) is 0 Å². The van der Waals surface area contributed by atoms with Crippen molar-refractivity contribution in [2.75, 3.05) is 6.61 Å². The van der Waals surface area contributed by atoms with Gasteiger partial charge in [-0.05, 0) is 24.3 Å². The first-order valence-electron chi connectivity index (χ1n) is 5.56. The van der Waals surface area contributed by atoms with E-state index in [9.17, 15) is 15.0 Å². The van der Waals surface area contributed by atoms with Crippen LogP contribution in [0.4, 0.5) is 0 Å². The molecular formula is C14H12O5. The maximum atomic E-state index is 11.5. The zero-order valence-corrected chi connectivity index (χ0v) is 9.95. The maximum absolute atomic E-state index is 11.5. The van der Waals surface area contributed by atoms with E-state index in [1.165, 1.54) is 24.3 Å². The van der Waals surface area contributed by atoms with Crippen LogP contribution in [0.25, 0.3) is 0 Å². The number of aromatic hydroxyl groups is 2. The van der Waals surface area contributed by atoms with Gasteiger partial charge in [-0.2, -0.15) is 0 Å².